The summed E-state index contributed by atoms with van der Waals surface area (Å²) < 4.78 is 0. The van der Waals surface area contributed by atoms with Gasteiger partial charge in [0.05, 0.1) is 6.04 Å². The summed E-state index contributed by atoms with van der Waals surface area (Å²) in [4.78, 5) is 25.7. The number of hydrogen-bond acceptors (Lipinski definition) is 2. The molecule has 0 unspecified atom stereocenters. The van der Waals surface area contributed by atoms with E-state index in [9.17, 15) is 9.59 Å². The Labute approximate surface area is 112 Å². The average molecular weight is 255 g/mol. The maximum atomic E-state index is 12.2. The minimum Gasteiger partial charge on any atom is -0.309 e. The fourth-order valence-electron chi connectivity index (χ4n) is 3.07. The predicted octanol–water partition coefficient (Wildman–Crippen LogP) is 2.84. The molecule has 0 N–H and O–H groups in total. The Morgan fingerprint density at radius 1 is 1.21 bits per heavy atom. The predicted molar refractivity (Wildman–Crippen MR) is 72.1 cm³/mol. The van der Waals surface area contributed by atoms with Gasteiger partial charge in [-0.1, -0.05) is 30.3 Å². The van der Waals surface area contributed by atoms with Crippen molar-refractivity contribution in [2.75, 3.05) is 0 Å². The van der Waals surface area contributed by atoms with Crippen LogP contribution in [0.3, 0.4) is 0 Å². The van der Waals surface area contributed by atoms with Gasteiger partial charge >= 0.3 is 0 Å². The normalized spacial score (nSPS) is 24.2. The Morgan fingerprint density at radius 2 is 1.95 bits per heavy atom. The van der Waals surface area contributed by atoms with Crippen molar-refractivity contribution in [1.82, 2.24) is 4.90 Å². The van der Waals surface area contributed by atoms with Gasteiger partial charge in [-0.25, -0.2) is 0 Å². The molecule has 2 atom stereocenters. The monoisotopic (exact) mass is 255 g/mol. The van der Waals surface area contributed by atoms with Crippen LogP contribution in [0.4, 0.5) is 0 Å². The molecule has 1 aliphatic heterocycles. The zero-order chi connectivity index (χ0) is 13.4. The van der Waals surface area contributed by atoms with Gasteiger partial charge in [0.1, 0.15) is 0 Å². The Hall–Kier alpha value is -1.90. The van der Waals surface area contributed by atoms with Crippen LogP contribution in [0.15, 0.2) is 42.1 Å². The van der Waals surface area contributed by atoms with E-state index in [4.69, 9.17) is 0 Å². The lowest BCUT2D eigenvalue weighted by Gasteiger charge is -2.29. The van der Waals surface area contributed by atoms with E-state index in [2.05, 4.69) is 0 Å². The molecule has 3 rings (SSSR count). The highest BCUT2D eigenvalue weighted by Crippen LogP contribution is 2.40. The van der Waals surface area contributed by atoms with Gasteiger partial charge in [-0.2, -0.15) is 0 Å². The van der Waals surface area contributed by atoms with E-state index in [1.54, 1.807) is 6.08 Å². The van der Waals surface area contributed by atoms with Gasteiger partial charge in [0.15, 0.2) is 5.78 Å². The molecule has 1 fully saturated rings. The van der Waals surface area contributed by atoms with Crippen molar-refractivity contribution in [2.24, 2.45) is 5.92 Å². The van der Waals surface area contributed by atoms with Gasteiger partial charge in [0.2, 0.25) is 5.91 Å². The van der Waals surface area contributed by atoms with Crippen molar-refractivity contribution in [1.29, 1.82) is 0 Å². The third-order valence-electron chi connectivity index (χ3n) is 4.10. The number of carbonyl (C=O) groups is 2. The molecule has 0 spiro atoms. The summed E-state index contributed by atoms with van der Waals surface area (Å²) in [7, 11) is 0. The second kappa shape index (κ2) is 4.65. The van der Waals surface area contributed by atoms with Crippen LogP contribution in [-0.2, 0) is 9.59 Å². The standard InChI is InChI=1S/C16H17NO2/c1-11(12-5-3-2-4-6-12)17-15-10-14(18)8-7-13(15)9-16(17)19/h2-6,10-11,13H,7-9H2,1H3/t11-,13+/m1/s1. The average Bonchev–Trinajstić information content (AvgIpc) is 2.74. The number of ketones is 1. The van der Waals surface area contributed by atoms with Gasteiger partial charge in [0, 0.05) is 30.5 Å². The van der Waals surface area contributed by atoms with Crippen LogP contribution >= 0.6 is 0 Å². The molecule has 0 saturated carbocycles. The number of nitrogens with zero attached hydrogens (tertiary/aromatic N) is 1. The van der Waals surface area contributed by atoms with Crippen molar-refractivity contribution in [3.8, 4) is 0 Å². The molecule has 1 saturated heterocycles. The Kier molecular flexibility index (Phi) is 2.97. The molecular weight excluding hydrogens is 238 g/mol. The third-order valence-corrected chi connectivity index (χ3v) is 4.10. The summed E-state index contributed by atoms with van der Waals surface area (Å²) in [5.74, 6) is 0.532. The van der Waals surface area contributed by atoms with Gasteiger partial charge in [-0.3, -0.25) is 9.59 Å². The molecule has 1 aromatic rings. The van der Waals surface area contributed by atoms with Crippen LogP contribution in [-0.4, -0.2) is 16.6 Å². The maximum Gasteiger partial charge on any atom is 0.227 e. The fourth-order valence-corrected chi connectivity index (χ4v) is 3.07. The second-order valence-corrected chi connectivity index (χ2v) is 5.33. The topological polar surface area (TPSA) is 37.4 Å². The number of hydrogen-bond donors (Lipinski definition) is 0. The molecule has 2 aliphatic rings. The number of allylic oxidation sites excluding steroid dienone is 2. The summed E-state index contributed by atoms with van der Waals surface area (Å²) in [6, 6.07) is 9.96. The number of likely N-dealkylation sites (tertiary alicyclic amines) is 1. The lowest BCUT2D eigenvalue weighted by molar-refractivity contribution is -0.128. The molecule has 19 heavy (non-hydrogen) atoms. The van der Waals surface area contributed by atoms with Gasteiger partial charge in [-0.15, -0.1) is 0 Å². The summed E-state index contributed by atoms with van der Waals surface area (Å²) in [5.41, 5.74) is 2.04. The van der Waals surface area contributed by atoms with Crippen molar-refractivity contribution >= 4 is 11.7 Å². The van der Waals surface area contributed by atoms with E-state index < -0.39 is 0 Å². The van der Waals surface area contributed by atoms with Crippen LogP contribution < -0.4 is 0 Å². The van der Waals surface area contributed by atoms with Gasteiger partial charge in [-0.05, 0) is 18.9 Å². The molecule has 98 valence electrons. The molecule has 0 radical (unpaired) electrons. The smallest absolute Gasteiger partial charge is 0.227 e. The molecule has 1 aliphatic carbocycles. The molecule has 1 amide bonds. The highest BCUT2D eigenvalue weighted by Gasteiger charge is 2.39. The van der Waals surface area contributed by atoms with E-state index >= 15 is 0 Å². The first-order valence-electron chi connectivity index (χ1n) is 6.78. The van der Waals surface area contributed by atoms with Crippen molar-refractivity contribution in [3.63, 3.8) is 0 Å². The SMILES string of the molecule is C[C@H](c1ccccc1)N1C(=O)C[C@@H]2CCC(=O)C=C21. The minimum absolute atomic E-state index is 0.00384. The molecular formula is C16H17NO2. The lowest BCUT2D eigenvalue weighted by Crippen LogP contribution is -2.28. The molecule has 0 bridgehead atoms. The van der Waals surface area contributed by atoms with E-state index in [-0.39, 0.29) is 23.7 Å². The third kappa shape index (κ3) is 2.09. The van der Waals surface area contributed by atoms with Gasteiger partial charge in [0.25, 0.3) is 0 Å². The fraction of sp³-hybridized carbons (Fsp3) is 0.375. The maximum absolute atomic E-state index is 12.2. The highest BCUT2D eigenvalue weighted by molar-refractivity contribution is 5.94. The van der Waals surface area contributed by atoms with Crippen molar-refractivity contribution < 1.29 is 9.59 Å². The zero-order valence-corrected chi connectivity index (χ0v) is 11.0. The quantitative estimate of drug-likeness (QED) is 0.815. The number of amides is 1. The van der Waals surface area contributed by atoms with Crippen LogP contribution in [0.2, 0.25) is 0 Å². The first-order chi connectivity index (χ1) is 9.16. The van der Waals surface area contributed by atoms with Crippen LogP contribution in [0, 0.1) is 5.92 Å². The first-order valence-corrected chi connectivity index (χ1v) is 6.78. The summed E-state index contributed by atoms with van der Waals surface area (Å²) in [5, 5.41) is 0. The Balaban J connectivity index is 1.95. The van der Waals surface area contributed by atoms with E-state index in [1.165, 1.54) is 0 Å². The summed E-state index contributed by atoms with van der Waals surface area (Å²) >= 11 is 0. The molecule has 3 heteroatoms. The highest BCUT2D eigenvalue weighted by atomic mass is 16.2. The summed E-state index contributed by atoms with van der Waals surface area (Å²) in [6.07, 6.45) is 3.62. The van der Waals surface area contributed by atoms with Crippen LogP contribution in [0.5, 0.6) is 0 Å². The molecule has 1 heterocycles. The van der Waals surface area contributed by atoms with E-state index in [0.717, 1.165) is 17.7 Å². The minimum atomic E-state index is -0.00384. The van der Waals surface area contributed by atoms with Crippen molar-refractivity contribution in [3.05, 3.63) is 47.7 Å². The number of benzene rings is 1. The molecule has 0 aromatic heterocycles. The van der Waals surface area contributed by atoms with Crippen molar-refractivity contribution in [2.45, 2.75) is 32.2 Å². The van der Waals surface area contributed by atoms with E-state index in [1.807, 2.05) is 42.2 Å². The Bertz CT molecular complexity index is 547. The first kappa shape index (κ1) is 12.2. The number of fused-ring (bicyclic) bond motifs is 1. The summed E-state index contributed by atoms with van der Waals surface area (Å²) in [6.45, 7) is 2.02. The lowest BCUT2D eigenvalue weighted by atomic mass is 9.91. The molecule has 1 aromatic carbocycles. The van der Waals surface area contributed by atoms with E-state index in [0.29, 0.717) is 12.8 Å². The second-order valence-electron chi connectivity index (χ2n) is 5.33. The van der Waals surface area contributed by atoms with Crippen LogP contribution in [0.25, 0.3) is 0 Å². The largest absolute Gasteiger partial charge is 0.309 e. The molecule has 3 nitrogen and oxygen atoms in total. The number of rotatable bonds is 2. The van der Waals surface area contributed by atoms with Gasteiger partial charge < -0.3 is 4.90 Å². The van der Waals surface area contributed by atoms with Crippen LogP contribution in [0.1, 0.15) is 37.8 Å². The zero-order valence-electron chi connectivity index (χ0n) is 11.0. The number of carbonyl (C=O) groups excluding carboxylic acids is 2. The Morgan fingerprint density at radius 3 is 2.68 bits per heavy atom.